The van der Waals surface area contributed by atoms with E-state index in [9.17, 15) is 14.0 Å². The van der Waals surface area contributed by atoms with E-state index < -0.39 is 17.9 Å². The van der Waals surface area contributed by atoms with Gasteiger partial charge in [-0.05, 0) is 67.3 Å². The summed E-state index contributed by atoms with van der Waals surface area (Å²) in [6.45, 7) is 2.17. The topological polar surface area (TPSA) is 102 Å². The normalized spacial score (nSPS) is 14.2. The second kappa shape index (κ2) is 13.9. The first-order valence-electron chi connectivity index (χ1n) is 14.3. The summed E-state index contributed by atoms with van der Waals surface area (Å²) in [5, 5.41) is 7.78. The molecule has 0 spiro atoms. The maximum Gasteiger partial charge on any atom is 0.244 e. The van der Waals surface area contributed by atoms with Crippen molar-refractivity contribution in [3.05, 3.63) is 83.4 Å². The monoisotopic (exact) mass is 604 g/mol. The van der Waals surface area contributed by atoms with Gasteiger partial charge in [0.25, 0.3) is 0 Å². The number of aromatic nitrogens is 4. The molecule has 11 heteroatoms. The van der Waals surface area contributed by atoms with Crippen molar-refractivity contribution in [3.8, 4) is 28.5 Å². The molecule has 5 rings (SSSR count). The van der Waals surface area contributed by atoms with Gasteiger partial charge in [0, 0.05) is 43.0 Å². The van der Waals surface area contributed by atoms with E-state index >= 15 is 0 Å². The van der Waals surface area contributed by atoms with Gasteiger partial charge in [-0.1, -0.05) is 36.6 Å². The highest BCUT2D eigenvalue weighted by Crippen LogP contribution is 2.31. The third kappa shape index (κ3) is 7.44. The Labute approximate surface area is 255 Å². The molecule has 2 aromatic carbocycles. The lowest BCUT2D eigenvalue weighted by atomic mass is 10.0. The highest BCUT2D eigenvalue weighted by molar-refractivity contribution is 6.32. The first-order chi connectivity index (χ1) is 20.8. The standard InChI is InChI=1S/C32H34ClFN6O3/c1-21(41)36-32(42)28(19-22-6-5-7-25(34)18-22)39(26-8-3-4-9-26)16-17-40-31(24-10-11-29(43-2)27(33)20-24)37-30(38-40)23-12-14-35-15-13-23/h5-7,10-15,18,20,26,28H,3-4,8-9,16-17,19H2,1-2H3,(H,36,41,42)/t28-/m0/s1. The summed E-state index contributed by atoms with van der Waals surface area (Å²) in [7, 11) is 1.56. The molecule has 4 aromatic rings. The first-order valence-corrected chi connectivity index (χ1v) is 14.7. The molecule has 1 aliphatic carbocycles. The van der Waals surface area contributed by atoms with Gasteiger partial charge in [-0.15, -0.1) is 0 Å². The number of imide groups is 1. The number of benzene rings is 2. The molecule has 2 heterocycles. The van der Waals surface area contributed by atoms with Gasteiger partial charge in [0.1, 0.15) is 11.6 Å². The summed E-state index contributed by atoms with van der Waals surface area (Å²) in [5.74, 6) is 0.485. The van der Waals surface area contributed by atoms with E-state index in [1.54, 1.807) is 43.8 Å². The predicted octanol–water partition coefficient (Wildman–Crippen LogP) is 5.33. The quantitative estimate of drug-likeness (QED) is 0.247. The SMILES string of the molecule is COc1ccc(-c2nc(-c3ccncc3)nn2CCN(C2CCCC2)[C@@H](Cc2cccc(F)c2)C(=O)NC(C)=O)cc1Cl. The van der Waals surface area contributed by atoms with Crippen LogP contribution < -0.4 is 10.1 Å². The number of carbonyl (C=O) groups is 2. The van der Waals surface area contributed by atoms with Crippen LogP contribution in [0, 0.1) is 5.82 Å². The van der Waals surface area contributed by atoms with Crippen LogP contribution in [0.2, 0.25) is 5.02 Å². The lowest BCUT2D eigenvalue weighted by Crippen LogP contribution is -2.53. The van der Waals surface area contributed by atoms with Crippen molar-refractivity contribution in [2.45, 2.75) is 57.7 Å². The summed E-state index contributed by atoms with van der Waals surface area (Å²) in [5.41, 5.74) is 2.25. The van der Waals surface area contributed by atoms with Crippen LogP contribution in [0.15, 0.2) is 67.0 Å². The largest absolute Gasteiger partial charge is 0.495 e. The fraction of sp³-hybridized carbons (Fsp3) is 0.344. The van der Waals surface area contributed by atoms with E-state index in [0.29, 0.717) is 41.1 Å². The molecule has 1 aliphatic rings. The number of halogens is 2. The maximum atomic E-state index is 14.1. The number of rotatable bonds is 11. The van der Waals surface area contributed by atoms with Crippen molar-refractivity contribution in [1.82, 2.24) is 30.0 Å². The molecule has 0 unspecified atom stereocenters. The molecule has 0 saturated heterocycles. The van der Waals surface area contributed by atoms with Crippen LogP contribution in [-0.2, 0) is 22.6 Å². The Bertz CT molecular complexity index is 1570. The molecular weight excluding hydrogens is 571 g/mol. The number of hydrogen-bond donors (Lipinski definition) is 1. The molecule has 0 bridgehead atoms. The number of nitrogens with one attached hydrogen (secondary N) is 1. The van der Waals surface area contributed by atoms with Gasteiger partial charge < -0.3 is 4.74 Å². The molecule has 224 valence electrons. The number of nitrogens with zero attached hydrogens (tertiary/aromatic N) is 5. The number of carbonyl (C=O) groups excluding carboxylic acids is 2. The molecular formula is C32H34ClFN6O3. The van der Waals surface area contributed by atoms with Crippen LogP contribution in [0.3, 0.4) is 0 Å². The maximum absolute atomic E-state index is 14.1. The average molecular weight is 605 g/mol. The molecule has 2 amide bonds. The second-order valence-electron chi connectivity index (χ2n) is 10.6. The molecule has 1 N–H and O–H groups in total. The van der Waals surface area contributed by atoms with Crippen LogP contribution >= 0.6 is 11.6 Å². The van der Waals surface area contributed by atoms with Crippen molar-refractivity contribution in [1.29, 1.82) is 0 Å². The van der Waals surface area contributed by atoms with Crippen LogP contribution in [0.5, 0.6) is 5.75 Å². The number of amides is 2. The highest BCUT2D eigenvalue weighted by Gasteiger charge is 2.34. The molecule has 1 atom stereocenters. The zero-order valence-electron chi connectivity index (χ0n) is 24.2. The van der Waals surface area contributed by atoms with E-state index in [-0.39, 0.29) is 18.3 Å². The Morgan fingerprint density at radius 2 is 1.88 bits per heavy atom. The van der Waals surface area contributed by atoms with E-state index in [1.807, 2.05) is 22.9 Å². The number of ether oxygens (including phenoxy) is 1. The minimum Gasteiger partial charge on any atom is -0.495 e. The van der Waals surface area contributed by atoms with Crippen LogP contribution in [0.1, 0.15) is 38.2 Å². The van der Waals surface area contributed by atoms with E-state index in [1.165, 1.54) is 19.1 Å². The molecule has 0 radical (unpaired) electrons. The van der Waals surface area contributed by atoms with Crippen molar-refractivity contribution in [2.75, 3.05) is 13.7 Å². The fourth-order valence-electron chi connectivity index (χ4n) is 5.68. The fourth-order valence-corrected chi connectivity index (χ4v) is 5.94. The molecule has 2 aromatic heterocycles. The smallest absolute Gasteiger partial charge is 0.244 e. The molecule has 9 nitrogen and oxygen atoms in total. The van der Waals surface area contributed by atoms with Gasteiger partial charge in [-0.25, -0.2) is 14.1 Å². The Morgan fingerprint density at radius 1 is 1.12 bits per heavy atom. The minimum atomic E-state index is -0.684. The van der Waals surface area contributed by atoms with Crippen molar-refractivity contribution >= 4 is 23.4 Å². The number of methoxy groups -OCH3 is 1. The average Bonchev–Trinajstić information content (AvgIpc) is 3.68. The predicted molar refractivity (Wildman–Crippen MR) is 162 cm³/mol. The number of hydrogen-bond acceptors (Lipinski definition) is 7. The Kier molecular flexibility index (Phi) is 9.79. The van der Waals surface area contributed by atoms with Gasteiger partial charge >= 0.3 is 0 Å². The Morgan fingerprint density at radius 3 is 2.56 bits per heavy atom. The van der Waals surface area contributed by atoms with Crippen molar-refractivity contribution in [3.63, 3.8) is 0 Å². The third-order valence-corrected chi connectivity index (χ3v) is 8.00. The van der Waals surface area contributed by atoms with E-state index in [2.05, 4.69) is 15.2 Å². The molecule has 1 saturated carbocycles. The zero-order chi connectivity index (χ0) is 30.3. The molecule has 1 fully saturated rings. The van der Waals surface area contributed by atoms with Gasteiger partial charge in [-0.2, -0.15) is 5.10 Å². The van der Waals surface area contributed by atoms with Crippen LogP contribution in [0.4, 0.5) is 4.39 Å². The summed E-state index contributed by atoms with van der Waals surface area (Å²) >= 11 is 6.48. The summed E-state index contributed by atoms with van der Waals surface area (Å²) in [6.07, 6.45) is 7.58. The third-order valence-electron chi connectivity index (χ3n) is 7.70. The van der Waals surface area contributed by atoms with E-state index in [0.717, 1.165) is 36.8 Å². The van der Waals surface area contributed by atoms with Gasteiger partial charge in [-0.3, -0.25) is 24.8 Å². The number of pyridine rings is 1. The molecule has 0 aliphatic heterocycles. The second-order valence-corrected chi connectivity index (χ2v) is 11.0. The summed E-state index contributed by atoms with van der Waals surface area (Å²) < 4.78 is 21.3. The van der Waals surface area contributed by atoms with Crippen LogP contribution in [-0.4, -0.2) is 62.2 Å². The lowest BCUT2D eigenvalue weighted by Gasteiger charge is -2.35. The minimum absolute atomic E-state index is 0.123. The Balaban J connectivity index is 1.51. The highest BCUT2D eigenvalue weighted by atomic mass is 35.5. The van der Waals surface area contributed by atoms with Crippen LogP contribution in [0.25, 0.3) is 22.8 Å². The van der Waals surface area contributed by atoms with Gasteiger partial charge in [0.2, 0.25) is 11.8 Å². The van der Waals surface area contributed by atoms with Gasteiger partial charge in [0.15, 0.2) is 11.6 Å². The van der Waals surface area contributed by atoms with Gasteiger partial charge in [0.05, 0.1) is 24.7 Å². The molecule has 43 heavy (non-hydrogen) atoms. The summed E-state index contributed by atoms with van der Waals surface area (Å²) in [4.78, 5) is 36.5. The zero-order valence-corrected chi connectivity index (χ0v) is 24.9. The van der Waals surface area contributed by atoms with Crippen molar-refractivity contribution < 1.29 is 18.7 Å². The lowest BCUT2D eigenvalue weighted by molar-refractivity contribution is -0.133. The van der Waals surface area contributed by atoms with E-state index in [4.69, 9.17) is 26.4 Å². The Hall–Kier alpha value is -4.15. The summed E-state index contributed by atoms with van der Waals surface area (Å²) in [6, 6.07) is 14.8. The van der Waals surface area contributed by atoms with Crippen molar-refractivity contribution in [2.24, 2.45) is 0 Å². The first kappa shape index (κ1) is 30.3.